The number of hydrogen-bond donors (Lipinski definition) is 0. The molecule has 0 saturated carbocycles. The lowest BCUT2D eigenvalue weighted by Crippen LogP contribution is -2.35. The largest absolute Gasteiger partial charge is 0.468 e. The molecule has 1 rings (SSSR count). The normalized spacial score (nSPS) is 20.4. The van der Waals surface area contributed by atoms with Gasteiger partial charge in [-0.15, -0.1) is 0 Å². The molecule has 0 aliphatic carbocycles. The molecule has 1 fully saturated rings. The summed E-state index contributed by atoms with van der Waals surface area (Å²) in [4.78, 5) is 21.7. The Bertz CT molecular complexity index is 333. The van der Waals surface area contributed by atoms with Gasteiger partial charge in [-0.05, 0) is 0 Å². The van der Waals surface area contributed by atoms with Crippen LogP contribution >= 0.6 is 0 Å². The van der Waals surface area contributed by atoms with Gasteiger partial charge in [0.25, 0.3) is 0 Å². The number of methoxy groups -OCH3 is 1. The molecule has 1 saturated heterocycles. The highest BCUT2D eigenvalue weighted by Crippen LogP contribution is 2.14. The quantitative estimate of drug-likeness (QED) is 0.527. The summed E-state index contributed by atoms with van der Waals surface area (Å²) < 4.78 is 27.1. The third kappa shape index (κ3) is 1.97. The fraction of sp³-hybridized carbons (Fsp3) is 0.667. The van der Waals surface area contributed by atoms with Gasteiger partial charge in [0.2, 0.25) is 15.9 Å². The Morgan fingerprint density at radius 1 is 1.62 bits per heavy atom. The SMILES string of the molecule is COC(=O)CN1C(=O)CCS1(=O)=O. The second kappa shape index (κ2) is 3.33. The molecule has 0 aromatic rings. The molecule has 1 aliphatic rings. The third-order valence-corrected chi connectivity index (χ3v) is 3.41. The number of sulfonamides is 1. The summed E-state index contributed by atoms with van der Waals surface area (Å²) in [7, 11) is -2.42. The van der Waals surface area contributed by atoms with Gasteiger partial charge in [-0.25, -0.2) is 12.7 Å². The molecule has 0 spiro atoms. The van der Waals surface area contributed by atoms with E-state index in [1.165, 1.54) is 0 Å². The zero-order chi connectivity index (χ0) is 10.1. The zero-order valence-electron chi connectivity index (χ0n) is 7.02. The van der Waals surface area contributed by atoms with Crippen LogP contribution in [0.5, 0.6) is 0 Å². The maximum Gasteiger partial charge on any atom is 0.326 e. The van der Waals surface area contributed by atoms with Crippen LogP contribution in [0.25, 0.3) is 0 Å². The fourth-order valence-electron chi connectivity index (χ4n) is 0.975. The Hall–Kier alpha value is -1.11. The zero-order valence-corrected chi connectivity index (χ0v) is 7.83. The highest BCUT2D eigenvalue weighted by molar-refractivity contribution is 7.90. The van der Waals surface area contributed by atoms with Gasteiger partial charge >= 0.3 is 5.97 Å². The van der Waals surface area contributed by atoms with E-state index in [1.807, 2.05) is 0 Å². The van der Waals surface area contributed by atoms with Crippen molar-refractivity contribution in [3.8, 4) is 0 Å². The molecule has 7 heteroatoms. The molecule has 13 heavy (non-hydrogen) atoms. The van der Waals surface area contributed by atoms with Crippen molar-refractivity contribution in [2.75, 3.05) is 19.4 Å². The van der Waals surface area contributed by atoms with Crippen LogP contribution < -0.4 is 0 Å². The van der Waals surface area contributed by atoms with Crippen molar-refractivity contribution >= 4 is 21.9 Å². The van der Waals surface area contributed by atoms with E-state index in [0.717, 1.165) is 7.11 Å². The summed E-state index contributed by atoms with van der Waals surface area (Å²) in [6.45, 7) is -0.516. The molecule has 0 atom stereocenters. The first-order valence-corrected chi connectivity index (χ1v) is 5.18. The fourth-order valence-corrected chi connectivity index (χ4v) is 2.33. The Kier molecular flexibility index (Phi) is 2.55. The predicted molar refractivity (Wildman–Crippen MR) is 42.1 cm³/mol. The van der Waals surface area contributed by atoms with Crippen LogP contribution in [0.15, 0.2) is 0 Å². The molecule has 0 unspecified atom stereocenters. The van der Waals surface area contributed by atoms with E-state index in [4.69, 9.17) is 0 Å². The molecule has 0 aromatic carbocycles. The summed E-state index contributed by atoms with van der Waals surface area (Å²) in [6.07, 6.45) is -0.0562. The number of rotatable bonds is 2. The van der Waals surface area contributed by atoms with E-state index >= 15 is 0 Å². The molecular formula is C6H9NO5S. The first kappa shape index (κ1) is 9.97. The van der Waals surface area contributed by atoms with E-state index in [9.17, 15) is 18.0 Å². The molecule has 1 amide bonds. The number of nitrogens with zero attached hydrogens (tertiary/aromatic N) is 1. The molecular weight excluding hydrogens is 198 g/mol. The van der Waals surface area contributed by atoms with Crippen molar-refractivity contribution in [2.45, 2.75) is 6.42 Å². The van der Waals surface area contributed by atoms with Crippen molar-refractivity contribution in [3.05, 3.63) is 0 Å². The first-order chi connectivity index (χ1) is 5.97. The monoisotopic (exact) mass is 207 g/mol. The predicted octanol–water partition coefficient (Wildman–Crippen LogP) is -1.28. The summed E-state index contributed by atoms with van der Waals surface area (Å²) in [5.74, 6) is -1.51. The van der Waals surface area contributed by atoms with Gasteiger partial charge in [-0.1, -0.05) is 0 Å². The van der Waals surface area contributed by atoms with Gasteiger partial charge in [-0.2, -0.15) is 0 Å². The smallest absolute Gasteiger partial charge is 0.326 e. The van der Waals surface area contributed by atoms with Crippen LogP contribution in [0.3, 0.4) is 0 Å². The number of carbonyl (C=O) groups excluding carboxylic acids is 2. The highest BCUT2D eigenvalue weighted by atomic mass is 32.2. The molecule has 0 N–H and O–H groups in total. The Labute approximate surface area is 75.5 Å². The van der Waals surface area contributed by atoms with Gasteiger partial charge < -0.3 is 4.74 Å². The minimum absolute atomic E-state index is 0.0562. The topological polar surface area (TPSA) is 80.8 Å². The van der Waals surface area contributed by atoms with Gasteiger partial charge in [0.05, 0.1) is 12.9 Å². The van der Waals surface area contributed by atoms with E-state index in [2.05, 4.69) is 4.74 Å². The van der Waals surface area contributed by atoms with Crippen molar-refractivity contribution in [3.63, 3.8) is 0 Å². The number of hydrogen-bond acceptors (Lipinski definition) is 5. The molecule has 74 valence electrons. The lowest BCUT2D eigenvalue weighted by molar-refractivity contribution is -0.143. The van der Waals surface area contributed by atoms with E-state index < -0.39 is 28.4 Å². The highest BCUT2D eigenvalue weighted by Gasteiger charge is 2.36. The number of esters is 1. The van der Waals surface area contributed by atoms with Crippen LogP contribution in [0.1, 0.15) is 6.42 Å². The average Bonchev–Trinajstić information content (AvgIpc) is 2.31. The van der Waals surface area contributed by atoms with E-state index in [1.54, 1.807) is 0 Å². The minimum atomic E-state index is -3.56. The van der Waals surface area contributed by atoms with Crippen molar-refractivity contribution in [2.24, 2.45) is 0 Å². The standard InChI is InChI=1S/C6H9NO5S/c1-12-6(9)4-7-5(8)2-3-13(7,10)11/h2-4H2,1H3. The van der Waals surface area contributed by atoms with Gasteiger partial charge in [0.1, 0.15) is 6.54 Å². The van der Waals surface area contributed by atoms with Crippen molar-refractivity contribution < 1.29 is 22.7 Å². The number of ether oxygens (including phenoxy) is 1. The van der Waals surface area contributed by atoms with Crippen molar-refractivity contribution in [1.82, 2.24) is 4.31 Å². The maximum atomic E-state index is 11.1. The second-order valence-electron chi connectivity index (χ2n) is 2.54. The second-order valence-corrected chi connectivity index (χ2v) is 4.56. The lowest BCUT2D eigenvalue weighted by Gasteiger charge is -2.12. The van der Waals surface area contributed by atoms with Gasteiger partial charge in [-0.3, -0.25) is 9.59 Å². The van der Waals surface area contributed by atoms with Crippen LogP contribution in [0, 0.1) is 0 Å². The first-order valence-electron chi connectivity index (χ1n) is 3.57. The average molecular weight is 207 g/mol. The summed E-state index contributed by atoms with van der Waals surface area (Å²) in [5, 5.41) is 0. The van der Waals surface area contributed by atoms with Crippen LogP contribution in [0.4, 0.5) is 0 Å². The Balaban J connectivity index is 2.78. The van der Waals surface area contributed by atoms with E-state index in [-0.39, 0.29) is 12.2 Å². The minimum Gasteiger partial charge on any atom is -0.468 e. The molecule has 0 radical (unpaired) electrons. The molecule has 0 bridgehead atoms. The Morgan fingerprint density at radius 2 is 2.23 bits per heavy atom. The molecule has 6 nitrogen and oxygen atoms in total. The summed E-state index contributed by atoms with van der Waals surface area (Å²) in [6, 6.07) is 0. The lowest BCUT2D eigenvalue weighted by atomic mass is 10.4. The molecule has 1 heterocycles. The van der Waals surface area contributed by atoms with Crippen LogP contribution in [-0.2, 0) is 24.3 Å². The number of carbonyl (C=O) groups is 2. The third-order valence-electron chi connectivity index (χ3n) is 1.69. The van der Waals surface area contributed by atoms with Crippen LogP contribution in [0.2, 0.25) is 0 Å². The molecule has 0 aromatic heterocycles. The summed E-state index contributed by atoms with van der Waals surface area (Å²) >= 11 is 0. The number of amides is 1. The maximum absolute atomic E-state index is 11.1. The van der Waals surface area contributed by atoms with Crippen molar-refractivity contribution in [1.29, 1.82) is 0 Å². The molecule has 1 aliphatic heterocycles. The summed E-state index contributed by atoms with van der Waals surface area (Å²) in [5.41, 5.74) is 0. The van der Waals surface area contributed by atoms with Gasteiger partial charge in [0, 0.05) is 6.42 Å². The van der Waals surface area contributed by atoms with Gasteiger partial charge in [0.15, 0.2) is 0 Å². The van der Waals surface area contributed by atoms with E-state index in [0.29, 0.717) is 4.31 Å². The Morgan fingerprint density at radius 3 is 2.62 bits per heavy atom. The van der Waals surface area contributed by atoms with Crippen LogP contribution in [-0.4, -0.2) is 44.0 Å².